The quantitative estimate of drug-likeness (QED) is 0.443. The van der Waals surface area contributed by atoms with Gasteiger partial charge in [0.2, 0.25) is 0 Å². The third-order valence-corrected chi connectivity index (χ3v) is 3.01. The number of hydrogen-bond acceptors (Lipinski definition) is 3. The highest BCUT2D eigenvalue weighted by Gasteiger charge is 2.14. The first kappa shape index (κ1) is 11.9. The van der Waals surface area contributed by atoms with Crippen LogP contribution in [-0.4, -0.2) is 33.5 Å². The fourth-order valence-electron chi connectivity index (χ4n) is 2.11. The third-order valence-electron chi connectivity index (χ3n) is 3.01. The van der Waals surface area contributed by atoms with Crippen molar-refractivity contribution in [3.8, 4) is 0 Å². The van der Waals surface area contributed by atoms with E-state index in [4.69, 9.17) is 5.73 Å². The Morgan fingerprint density at radius 3 is 3.00 bits per heavy atom. The Morgan fingerprint density at radius 1 is 1.47 bits per heavy atom. The summed E-state index contributed by atoms with van der Waals surface area (Å²) in [5.74, 6) is 0.579. The first-order valence-corrected chi connectivity index (χ1v) is 6.25. The van der Waals surface area contributed by atoms with Gasteiger partial charge in [0.25, 0.3) is 0 Å². The average molecular weight is 236 g/mol. The maximum absolute atomic E-state index is 5.82. The predicted octanol–water partition coefficient (Wildman–Crippen LogP) is 0.515. The largest absolute Gasteiger partial charge is 0.370 e. The van der Waals surface area contributed by atoms with Gasteiger partial charge in [0.15, 0.2) is 5.96 Å². The van der Waals surface area contributed by atoms with E-state index in [9.17, 15) is 0 Å². The van der Waals surface area contributed by atoms with E-state index in [1.165, 1.54) is 25.7 Å². The summed E-state index contributed by atoms with van der Waals surface area (Å²) < 4.78 is 1.80. The SMILES string of the molecule is NC(=NCCCn1ccnn1)NC1CCCC1. The Balaban J connectivity index is 1.62. The second kappa shape index (κ2) is 6.22. The molecule has 1 aromatic rings. The molecule has 1 aromatic heterocycles. The van der Waals surface area contributed by atoms with Crippen LogP contribution >= 0.6 is 0 Å². The van der Waals surface area contributed by atoms with E-state index in [0.29, 0.717) is 12.0 Å². The number of hydrogen-bond donors (Lipinski definition) is 2. The summed E-state index contributed by atoms with van der Waals surface area (Å²) >= 11 is 0. The van der Waals surface area contributed by atoms with Crippen LogP contribution in [0.25, 0.3) is 0 Å². The van der Waals surface area contributed by atoms with Gasteiger partial charge in [0.1, 0.15) is 0 Å². The van der Waals surface area contributed by atoms with Crippen molar-refractivity contribution in [3.05, 3.63) is 12.4 Å². The van der Waals surface area contributed by atoms with Gasteiger partial charge < -0.3 is 11.1 Å². The van der Waals surface area contributed by atoms with Gasteiger partial charge in [-0.3, -0.25) is 9.67 Å². The molecule has 0 amide bonds. The molecular weight excluding hydrogens is 216 g/mol. The summed E-state index contributed by atoms with van der Waals surface area (Å²) in [7, 11) is 0. The molecule has 2 rings (SSSR count). The van der Waals surface area contributed by atoms with Crippen LogP contribution in [0.15, 0.2) is 17.4 Å². The monoisotopic (exact) mass is 236 g/mol. The molecule has 0 atom stereocenters. The number of nitrogens with two attached hydrogens (primary N) is 1. The summed E-state index contributed by atoms with van der Waals surface area (Å²) in [6, 6.07) is 0.536. The summed E-state index contributed by atoms with van der Waals surface area (Å²) in [6.45, 7) is 1.56. The van der Waals surface area contributed by atoms with E-state index < -0.39 is 0 Å². The van der Waals surface area contributed by atoms with Crippen LogP contribution in [-0.2, 0) is 6.54 Å². The molecule has 0 spiro atoms. The van der Waals surface area contributed by atoms with Gasteiger partial charge in [-0.15, -0.1) is 5.10 Å². The van der Waals surface area contributed by atoms with Gasteiger partial charge >= 0.3 is 0 Å². The Bertz CT molecular complexity index is 339. The van der Waals surface area contributed by atoms with E-state index >= 15 is 0 Å². The first-order valence-electron chi connectivity index (χ1n) is 6.25. The Kier molecular flexibility index (Phi) is 4.35. The van der Waals surface area contributed by atoms with Gasteiger partial charge in [-0.05, 0) is 19.3 Å². The number of nitrogens with zero attached hydrogens (tertiary/aromatic N) is 4. The number of aliphatic imine (C=N–C) groups is 1. The van der Waals surface area contributed by atoms with Gasteiger partial charge in [-0.2, -0.15) is 0 Å². The van der Waals surface area contributed by atoms with Crippen LogP contribution < -0.4 is 11.1 Å². The summed E-state index contributed by atoms with van der Waals surface area (Å²) in [5.41, 5.74) is 5.82. The molecule has 1 aliphatic carbocycles. The highest BCUT2D eigenvalue weighted by atomic mass is 15.4. The Morgan fingerprint density at radius 2 is 2.29 bits per heavy atom. The molecule has 1 fully saturated rings. The fraction of sp³-hybridized carbons (Fsp3) is 0.727. The van der Waals surface area contributed by atoms with Crippen molar-refractivity contribution >= 4 is 5.96 Å². The fourth-order valence-corrected chi connectivity index (χ4v) is 2.11. The number of nitrogens with one attached hydrogen (secondary N) is 1. The van der Waals surface area contributed by atoms with Crippen molar-refractivity contribution in [2.24, 2.45) is 10.7 Å². The summed E-state index contributed by atoms with van der Waals surface area (Å²) in [4.78, 5) is 4.31. The molecule has 1 aliphatic rings. The van der Waals surface area contributed by atoms with Crippen molar-refractivity contribution in [1.82, 2.24) is 20.3 Å². The lowest BCUT2D eigenvalue weighted by Gasteiger charge is -2.12. The number of aryl methyl sites for hydroxylation is 1. The maximum atomic E-state index is 5.82. The minimum Gasteiger partial charge on any atom is -0.370 e. The zero-order valence-electron chi connectivity index (χ0n) is 10.0. The van der Waals surface area contributed by atoms with Crippen molar-refractivity contribution in [1.29, 1.82) is 0 Å². The Hall–Kier alpha value is -1.59. The lowest BCUT2D eigenvalue weighted by molar-refractivity contribution is 0.562. The molecule has 3 N–H and O–H groups in total. The molecule has 17 heavy (non-hydrogen) atoms. The second-order valence-electron chi connectivity index (χ2n) is 4.41. The van der Waals surface area contributed by atoms with Crippen LogP contribution in [0, 0.1) is 0 Å². The zero-order valence-corrected chi connectivity index (χ0v) is 10.0. The predicted molar refractivity (Wildman–Crippen MR) is 66.5 cm³/mol. The third kappa shape index (κ3) is 4.05. The van der Waals surface area contributed by atoms with Gasteiger partial charge in [0.05, 0.1) is 6.20 Å². The minimum absolute atomic E-state index is 0.536. The van der Waals surface area contributed by atoms with Crippen LogP contribution in [0.5, 0.6) is 0 Å². The number of aromatic nitrogens is 3. The van der Waals surface area contributed by atoms with E-state index in [1.807, 2.05) is 6.20 Å². The van der Waals surface area contributed by atoms with E-state index in [-0.39, 0.29) is 0 Å². The molecule has 0 aliphatic heterocycles. The molecule has 0 radical (unpaired) electrons. The van der Waals surface area contributed by atoms with Crippen LogP contribution in [0.4, 0.5) is 0 Å². The van der Waals surface area contributed by atoms with Crippen LogP contribution in [0.1, 0.15) is 32.1 Å². The molecule has 1 heterocycles. The molecule has 94 valence electrons. The van der Waals surface area contributed by atoms with Crippen LogP contribution in [0.3, 0.4) is 0 Å². The number of rotatable bonds is 5. The smallest absolute Gasteiger partial charge is 0.188 e. The topological polar surface area (TPSA) is 81.1 Å². The average Bonchev–Trinajstić information content (AvgIpc) is 2.96. The van der Waals surface area contributed by atoms with Crippen molar-refractivity contribution in [2.45, 2.75) is 44.7 Å². The Labute approximate surface area is 101 Å². The second-order valence-corrected chi connectivity index (χ2v) is 4.41. The highest BCUT2D eigenvalue weighted by molar-refractivity contribution is 5.78. The van der Waals surface area contributed by atoms with E-state index in [0.717, 1.165) is 19.5 Å². The molecular formula is C11H20N6. The first-order chi connectivity index (χ1) is 8.34. The molecule has 6 heteroatoms. The molecule has 1 saturated carbocycles. The lowest BCUT2D eigenvalue weighted by Crippen LogP contribution is -2.38. The van der Waals surface area contributed by atoms with Gasteiger partial charge in [-0.1, -0.05) is 18.1 Å². The molecule has 0 saturated heterocycles. The number of guanidine groups is 1. The van der Waals surface area contributed by atoms with E-state index in [2.05, 4.69) is 20.6 Å². The van der Waals surface area contributed by atoms with E-state index in [1.54, 1.807) is 10.9 Å². The van der Waals surface area contributed by atoms with Crippen molar-refractivity contribution in [2.75, 3.05) is 6.54 Å². The zero-order chi connectivity index (χ0) is 11.9. The van der Waals surface area contributed by atoms with Crippen molar-refractivity contribution in [3.63, 3.8) is 0 Å². The maximum Gasteiger partial charge on any atom is 0.188 e. The molecule has 6 nitrogen and oxygen atoms in total. The summed E-state index contributed by atoms with van der Waals surface area (Å²) in [6.07, 6.45) is 9.50. The highest BCUT2D eigenvalue weighted by Crippen LogP contribution is 2.17. The standard InChI is InChI=1S/C11H20N6/c12-11(15-10-4-1-2-5-10)13-6-3-8-17-9-7-14-16-17/h7,9-10H,1-6,8H2,(H3,12,13,15). The van der Waals surface area contributed by atoms with Crippen molar-refractivity contribution < 1.29 is 0 Å². The molecule has 0 bridgehead atoms. The normalized spacial score (nSPS) is 17.5. The molecule has 0 unspecified atom stereocenters. The van der Waals surface area contributed by atoms with Crippen LogP contribution in [0.2, 0.25) is 0 Å². The lowest BCUT2D eigenvalue weighted by atomic mass is 10.2. The minimum atomic E-state index is 0.536. The molecule has 0 aromatic carbocycles. The van der Waals surface area contributed by atoms with Gasteiger partial charge in [-0.25, -0.2) is 0 Å². The van der Waals surface area contributed by atoms with Gasteiger partial charge in [0, 0.05) is 25.3 Å². The summed E-state index contributed by atoms with van der Waals surface area (Å²) in [5, 5.41) is 10.9.